The smallest absolute Gasteiger partial charge is 0.241 e. The van der Waals surface area contributed by atoms with E-state index in [2.05, 4.69) is 44.9 Å². The van der Waals surface area contributed by atoms with Crippen molar-refractivity contribution in [3.63, 3.8) is 0 Å². The Morgan fingerprint density at radius 3 is 2.29 bits per heavy atom. The molecule has 0 aliphatic rings. The van der Waals surface area contributed by atoms with Crippen LogP contribution in [-0.4, -0.2) is 9.78 Å². The average molecular weight is 287 g/mol. The van der Waals surface area contributed by atoms with Crippen molar-refractivity contribution in [1.82, 2.24) is 9.78 Å². The molecule has 4 nitrogen and oxygen atoms in total. The van der Waals surface area contributed by atoms with Gasteiger partial charge in [-0.3, -0.25) is 0 Å². The van der Waals surface area contributed by atoms with Crippen molar-refractivity contribution >= 4 is 5.69 Å². The zero-order valence-electron chi connectivity index (χ0n) is 13.6. The Morgan fingerprint density at radius 2 is 1.81 bits per heavy atom. The van der Waals surface area contributed by atoms with Crippen LogP contribution in [0.25, 0.3) is 0 Å². The maximum absolute atomic E-state index is 6.14. The molecule has 2 rings (SSSR count). The summed E-state index contributed by atoms with van der Waals surface area (Å²) in [6.45, 7) is 8.57. The van der Waals surface area contributed by atoms with Gasteiger partial charge < -0.3 is 10.5 Å². The fraction of sp³-hybridized carbons (Fsp3) is 0.471. The number of hydrogen-bond acceptors (Lipinski definition) is 3. The lowest BCUT2D eigenvalue weighted by Gasteiger charge is -2.11. The number of aromatic nitrogens is 2. The highest BCUT2D eigenvalue weighted by Crippen LogP contribution is 2.33. The van der Waals surface area contributed by atoms with E-state index in [0.29, 0.717) is 17.5 Å². The van der Waals surface area contributed by atoms with E-state index in [1.807, 2.05) is 19.2 Å². The van der Waals surface area contributed by atoms with Crippen molar-refractivity contribution in [1.29, 1.82) is 0 Å². The summed E-state index contributed by atoms with van der Waals surface area (Å²) in [5, 5.41) is 4.43. The number of anilines is 1. The molecular formula is C17H25N3O. The van der Waals surface area contributed by atoms with Crippen molar-refractivity contribution in [2.75, 3.05) is 5.73 Å². The summed E-state index contributed by atoms with van der Waals surface area (Å²) in [5.41, 5.74) is 8.97. The zero-order chi connectivity index (χ0) is 15.6. The van der Waals surface area contributed by atoms with Crippen molar-refractivity contribution in [3.8, 4) is 11.6 Å². The van der Waals surface area contributed by atoms with Crippen molar-refractivity contribution in [2.45, 2.75) is 46.0 Å². The van der Waals surface area contributed by atoms with Crippen molar-refractivity contribution in [2.24, 2.45) is 7.05 Å². The van der Waals surface area contributed by atoms with E-state index in [9.17, 15) is 0 Å². The maximum Gasteiger partial charge on any atom is 0.241 e. The number of nitrogens with zero attached hydrogens (tertiary/aromatic N) is 2. The number of hydrogen-bond donors (Lipinski definition) is 1. The SMILES string of the molecule is CCC(C)c1ccc(Oc2c(N)c(C(C)C)nn2C)cc1. The first-order valence-electron chi connectivity index (χ1n) is 7.54. The number of benzene rings is 1. The molecular weight excluding hydrogens is 262 g/mol. The Kier molecular flexibility index (Phi) is 4.56. The molecule has 4 heteroatoms. The molecule has 2 N–H and O–H groups in total. The number of rotatable bonds is 5. The van der Waals surface area contributed by atoms with Crippen molar-refractivity contribution in [3.05, 3.63) is 35.5 Å². The topological polar surface area (TPSA) is 53.1 Å². The summed E-state index contributed by atoms with van der Waals surface area (Å²) >= 11 is 0. The highest BCUT2D eigenvalue weighted by atomic mass is 16.5. The fourth-order valence-electron chi connectivity index (χ4n) is 2.30. The van der Waals surface area contributed by atoms with Crippen LogP contribution in [0, 0.1) is 0 Å². The van der Waals surface area contributed by atoms with Gasteiger partial charge in [-0.05, 0) is 36.0 Å². The third kappa shape index (κ3) is 3.20. The second-order valence-corrected chi connectivity index (χ2v) is 5.86. The van der Waals surface area contributed by atoms with E-state index >= 15 is 0 Å². The van der Waals surface area contributed by atoms with E-state index in [1.54, 1.807) is 4.68 Å². The molecule has 0 aliphatic carbocycles. The Balaban J connectivity index is 2.22. The van der Waals surface area contributed by atoms with Crippen molar-refractivity contribution < 1.29 is 4.74 Å². The van der Waals surface area contributed by atoms with Gasteiger partial charge in [0.2, 0.25) is 5.88 Å². The largest absolute Gasteiger partial charge is 0.437 e. The lowest BCUT2D eigenvalue weighted by atomic mass is 9.99. The average Bonchev–Trinajstić information content (AvgIpc) is 2.75. The Hall–Kier alpha value is -1.97. The standard InChI is InChI=1S/C17H25N3O/c1-6-12(4)13-7-9-14(10-8-13)21-17-15(18)16(11(2)3)19-20(17)5/h7-12H,6,18H2,1-5H3. The first-order chi connectivity index (χ1) is 9.93. The van der Waals surface area contributed by atoms with E-state index in [4.69, 9.17) is 10.5 Å². The first kappa shape index (κ1) is 15.4. The molecule has 1 aromatic heterocycles. The zero-order valence-corrected chi connectivity index (χ0v) is 13.6. The van der Waals surface area contributed by atoms with Gasteiger partial charge in [0.15, 0.2) is 0 Å². The summed E-state index contributed by atoms with van der Waals surface area (Å²) in [5.74, 6) is 2.23. The predicted molar refractivity (Wildman–Crippen MR) is 86.9 cm³/mol. The summed E-state index contributed by atoms with van der Waals surface area (Å²) in [7, 11) is 1.85. The van der Waals surface area contributed by atoms with Crippen LogP contribution in [0.1, 0.15) is 57.2 Å². The van der Waals surface area contributed by atoms with Gasteiger partial charge in [-0.1, -0.05) is 39.8 Å². The van der Waals surface area contributed by atoms with Crippen LogP contribution < -0.4 is 10.5 Å². The molecule has 0 amide bonds. The Morgan fingerprint density at radius 1 is 1.19 bits per heavy atom. The van der Waals surface area contributed by atoms with Crippen LogP contribution >= 0.6 is 0 Å². The van der Waals surface area contributed by atoms with E-state index in [-0.39, 0.29) is 5.92 Å². The molecule has 1 unspecified atom stereocenters. The fourth-order valence-corrected chi connectivity index (χ4v) is 2.30. The van der Waals surface area contributed by atoms with Gasteiger partial charge in [-0.2, -0.15) is 5.10 Å². The minimum absolute atomic E-state index is 0.279. The minimum atomic E-state index is 0.279. The predicted octanol–water partition coefficient (Wildman–Crippen LogP) is 4.43. The van der Waals surface area contributed by atoms with Gasteiger partial charge in [0.05, 0.1) is 5.69 Å². The van der Waals surface area contributed by atoms with Crippen LogP contribution in [-0.2, 0) is 7.05 Å². The van der Waals surface area contributed by atoms with Crippen LogP contribution in [0.5, 0.6) is 11.6 Å². The Labute approximate surface area is 126 Å². The molecule has 114 valence electrons. The van der Waals surface area contributed by atoms with Gasteiger partial charge in [0.1, 0.15) is 11.4 Å². The molecule has 1 atom stereocenters. The van der Waals surface area contributed by atoms with Gasteiger partial charge in [-0.25, -0.2) is 4.68 Å². The molecule has 1 heterocycles. The summed E-state index contributed by atoms with van der Waals surface area (Å²) in [4.78, 5) is 0. The molecule has 0 spiro atoms. The van der Waals surface area contributed by atoms with Crippen LogP contribution in [0.15, 0.2) is 24.3 Å². The summed E-state index contributed by atoms with van der Waals surface area (Å²) < 4.78 is 7.62. The number of aryl methyl sites for hydroxylation is 1. The highest BCUT2D eigenvalue weighted by molar-refractivity contribution is 5.55. The summed E-state index contributed by atoms with van der Waals surface area (Å²) in [6, 6.07) is 8.20. The van der Waals surface area contributed by atoms with Crippen LogP contribution in [0.3, 0.4) is 0 Å². The molecule has 0 saturated carbocycles. The molecule has 0 fully saturated rings. The second kappa shape index (κ2) is 6.20. The third-order valence-electron chi connectivity index (χ3n) is 3.88. The van der Waals surface area contributed by atoms with E-state index < -0.39 is 0 Å². The summed E-state index contributed by atoms with van der Waals surface area (Å²) in [6.07, 6.45) is 1.13. The number of nitrogen functional groups attached to an aromatic ring is 1. The van der Waals surface area contributed by atoms with E-state index in [1.165, 1.54) is 5.56 Å². The quantitative estimate of drug-likeness (QED) is 0.885. The lowest BCUT2D eigenvalue weighted by molar-refractivity contribution is 0.432. The normalized spacial score (nSPS) is 12.7. The molecule has 0 bridgehead atoms. The third-order valence-corrected chi connectivity index (χ3v) is 3.88. The number of ether oxygens (including phenoxy) is 1. The molecule has 0 aliphatic heterocycles. The maximum atomic E-state index is 6.14. The second-order valence-electron chi connectivity index (χ2n) is 5.86. The van der Waals surface area contributed by atoms with Gasteiger partial charge in [0.25, 0.3) is 0 Å². The minimum Gasteiger partial charge on any atom is -0.437 e. The highest BCUT2D eigenvalue weighted by Gasteiger charge is 2.17. The van der Waals surface area contributed by atoms with Crippen LogP contribution in [0.2, 0.25) is 0 Å². The number of nitrogens with two attached hydrogens (primary N) is 1. The molecule has 1 aromatic carbocycles. The van der Waals surface area contributed by atoms with E-state index in [0.717, 1.165) is 17.9 Å². The monoisotopic (exact) mass is 287 g/mol. The van der Waals surface area contributed by atoms with Gasteiger partial charge >= 0.3 is 0 Å². The Bertz CT molecular complexity index is 599. The lowest BCUT2D eigenvalue weighted by Crippen LogP contribution is -1.97. The first-order valence-corrected chi connectivity index (χ1v) is 7.54. The van der Waals surface area contributed by atoms with Gasteiger partial charge in [0, 0.05) is 7.05 Å². The molecule has 2 aromatic rings. The van der Waals surface area contributed by atoms with Gasteiger partial charge in [-0.15, -0.1) is 0 Å². The molecule has 21 heavy (non-hydrogen) atoms. The molecule has 0 radical (unpaired) electrons. The van der Waals surface area contributed by atoms with Crippen LogP contribution in [0.4, 0.5) is 5.69 Å². The molecule has 0 saturated heterocycles.